The molecule has 0 aliphatic carbocycles. The first kappa shape index (κ1) is 24.9. The van der Waals surface area contributed by atoms with Crippen molar-refractivity contribution < 1.29 is 0 Å². The second kappa shape index (κ2) is 23.9. The van der Waals surface area contributed by atoms with Crippen molar-refractivity contribution in [3.63, 3.8) is 0 Å². The van der Waals surface area contributed by atoms with E-state index in [0.29, 0.717) is 0 Å². The largest absolute Gasteiger partial charge is 0.194 e. The summed E-state index contributed by atoms with van der Waals surface area (Å²) in [7, 11) is 0. The Hall–Kier alpha value is -0.0500. The van der Waals surface area contributed by atoms with E-state index < -0.39 is 0 Å². The zero-order valence-corrected chi connectivity index (χ0v) is 18.3. The minimum absolute atomic E-state index is 0.942. The van der Waals surface area contributed by atoms with Crippen LogP contribution >= 0.6 is 11.8 Å². The van der Waals surface area contributed by atoms with Crippen molar-refractivity contribution >= 4 is 11.8 Å². The van der Waals surface area contributed by atoms with E-state index in [0.717, 1.165) is 13.1 Å². The van der Waals surface area contributed by atoms with Crippen LogP contribution in [-0.4, -0.2) is 25.1 Å². The van der Waals surface area contributed by atoms with Crippen LogP contribution in [0.3, 0.4) is 0 Å². The summed E-state index contributed by atoms with van der Waals surface area (Å²) >= 11 is 1.95. The van der Waals surface area contributed by atoms with Crippen LogP contribution in [0.25, 0.3) is 0 Å². The molecule has 0 bridgehead atoms. The van der Waals surface area contributed by atoms with Crippen molar-refractivity contribution in [1.82, 2.24) is 0 Å². The van der Waals surface area contributed by atoms with E-state index in [1.807, 2.05) is 11.8 Å². The van der Waals surface area contributed by atoms with Gasteiger partial charge >= 0.3 is 0 Å². The third kappa shape index (κ3) is 24.0. The first-order valence-electron chi connectivity index (χ1n) is 11.2. The van der Waals surface area contributed by atoms with Crippen LogP contribution < -0.4 is 0 Å². The molecule has 0 unspecified atom stereocenters. The van der Waals surface area contributed by atoms with Gasteiger partial charge in [-0.1, -0.05) is 96.8 Å². The van der Waals surface area contributed by atoms with E-state index in [-0.39, 0.29) is 0 Å². The first-order chi connectivity index (χ1) is 12.4. The van der Waals surface area contributed by atoms with Crippen LogP contribution in [0.2, 0.25) is 0 Å². The van der Waals surface area contributed by atoms with Crippen LogP contribution in [0.4, 0.5) is 0 Å². The van der Waals surface area contributed by atoms with Crippen LogP contribution in [0.1, 0.15) is 116 Å². The number of hydrogen-bond acceptors (Lipinski definition) is 3. The summed E-state index contributed by atoms with van der Waals surface area (Å²) in [6, 6.07) is 0. The number of nitrogens with zero attached hydrogens (tertiary/aromatic N) is 2. The second-order valence-electron chi connectivity index (χ2n) is 7.38. The highest BCUT2D eigenvalue weighted by Gasteiger charge is 1.94. The van der Waals surface area contributed by atoms with E-state index in [9.17, 15) is 0 Å². The van der Waals surface area contributed by atoms with Crippen LogP contribution in [0, 0.1) is 0 Å². The number of rotatable bonds is 21. The molecule has 0 amide bonds. The first-order valence-corrected chi connectivity index (χ1v) is 12.6. The van der Waals surface area contributed by atoms with Crippen molar-refractivity contribution in [1.29, 1.82) is 0 Å². The number of azo groups is 1. The molecule has 0 aromatic carbocycles. The summed E-state index contributed by atoms with van der Waals surface area (Å²) in [6.45, 7) is 4.18. The number of hydrogen-bond donors (Lipinski definition) is 0. The lowest BCUT2D eigenvalue weighted by Gasteiger charge is -2.02. The summed E-state index contributed by atoms with van der Waals surface area (Å²) in [4.78, 5) is 0. The van der Waals surface area contributed by atoms with Gasteiger partial charge in [-0.25, -0.2) is 0 Å². The Morgan fingerprint density at radius 1 is 0.480 bits per heavy atom. The molecule has 0 rings (SSSR count). The Kier molecular flexibility index (Phi) is 23.9. The predicted molar refractivity (Wildman–Crippen MR) is 117 cm³/mol. The maximum atomic E-state index is 4.32. The molecule has 0 heterocycles. The fourth-order valence-corrected chi connectivity index (χ4v) is 3.62. The number of unbranched alkanes of at least 4 members (excludes halogenated alkanes) is 15. The van der Waals surface area contributed by atoms with Gasteiger partial charge in [-0.3, -0.25) is 0 Å². The van der Waals surface area contributed by atoms with Gasteiger partial charge in [-0.15, -0.1) is 0 Å². The van der Waals surface area contributed by atoms with Crippen molar-refractivity contribution in [3.05, 3.63) is 0 Å². The van der Waals surface area contributed by atoms with Crippen molar-refractivity contribution in [2.24, 2.45) is 10.2 Å². The van der Waals surface area contributed by atoms with E-state index in [1.165, 1.54) is 115 Å². The Balaban J connectivity index is 3.03. The standard InChI is InChI=1S/C22H46N2S/c1-3-4-5-6-7-8-9-10-11-12-13-14-17-20-23-24-21-18-15-16-19-22-25-2/h3-22H2,1-2H3. The van der Waals surface area contributed by atoms with E-state index in [2.05, 4.69) is 23.4 Å². The molecule has 0 fully saturated rings. The second-order valence-corrected chi connectivity index (χ2v) is 8.37. The van der Waals surface area contributed by atoms with Gasteiger partial charge in [0, 0.05) is 0 Å². The summed E-state index contributed by atoms with van der Waals surface area (Å²) in [5, 5.41) is 8.62. The Bertz CT molecular complexity index is 256. The summed E-state index contributed by atoms with van der Waals surface area (Å²) < 4.78 is 0. The maximum Gasteiger partial charge on any atom is 0.0598 e. The molecule has 0 radical (unpaired) electrons. The number of thioether (sulfide) groups is 1. The molecule has 0 aliphatic heterocycles. The fourth-order valence-electron chi connectivity index (χ4n) is 3.12. The van der Waals surface area contributed by atoms with Crippen LogP contribution in [0.15, 0.2) is 10.2 Å². The highest BCUT2D eigenvalue weighted by Crippen LogP contribution is 2.12. The SMILES string of the molecule is CCCCCCCCCCCCCCCN=NCCCCCCSC. The van der Waals surface area contributed by atoms with Gasteiger partial charge in [0.05, 0.1) is 13.1 Å². The van der Waals surface area contributed by atoms with E-state index >= 15 is 0 Å². The molecule has 0 aromatic rings. The van der Waals surface area contributed by atoms with Gasteiger partial charge in [-0.05, 0) is 31.3 Å². The molecule has 0 spiro atoms. The summed E-state index contributed by atoms with van der Waals surface area (Å²) in [6.07, 6.45) is 25.8. The van der Waals surface area contributed by atoms with Crippen LogP contribution in [0.5, 0.6) is 0 Å². The zero-order valence-electron chi connectivity index (χ0n) is 17.4. The predicted octanol–water partition coefficient (Wildman–Crippen LogP) is 8.45. The minimum atomic E-state index is 0.942. The van der Waals surface area contributed by atoms with E-state index in [1.54, 1.807) is 0 Å². The third-order valence-electron chi connectivity index (χ3n) is 4.82. The van der Waals surface area contributed by atoms with E-state index in [4.69, 9.17) is 0 Å². The lowest BCUT2D eigenvalue weighted by Crippen LogP contribution is -1.86. The Morgan fingerprint density at radius 2 is 0.840 bits per heavy atom. The van der Waals surface area contributed by atoms with Gasteiger partial charge in [0.15, 0.2) is 0 Å². The molecule has 3 heteroatoms. The van der Waals surface area contributed by atoms with Crippen LogP contribution in [-0.2, 0) is 0 Å². The lowest BCUT2D eigenvalue weighted by molar-refractivity contribution is 0.539. The fraction of sp³-hybridized carbons (Fsp3) is 1.00. The smallest absolute Gasteiger partial charge is 0.0598 e. The Labute approximate surface area is 163 Å². The quantitative estimate of drug-likeness (QED) is 0.147. The van der Waals surface area contributed by atoms with Crippen molar-refractivity contribution in [2.45, 2.75) is 116 Å². The average Bonchev–Trinajstić information content (AvgIpc) is 2.63. The normalized spacial score (nSPS) is 11.6. The molecular weight excluding hydrogens is 324 g/mol. The van der Waals surface area contributed by atoms with Gasteiger partial charge in [-0.2, -0.15) is 22.0 Å². The van der Waals surface area contributed by atoms with Crippen molar-refractivity contribution in [3.8, 4) is 0 Å². The maximum absolute atomic E-state index is 4.32. The highest BCUT2D eigenvalue weighted by molar-refractivity contribution is 7.98. The summed E-state index contributed by atoms with van der Waals surface area (Å²) in [5.74, 6) is 1.31. The minimum Gasteiger partial charge on any atom is -0.194 e. The molecule has 0 saturated carbocycles. The van der Waals surface area contributed by atoms with Gasteiger partial charge in [0.2, 0.25) is 0 Å². The zero-order chi connectivity index (χ0) is 18.3. The average molecular weight is 371 g/mol. The topological polar surface area (TPSA) is 24.7 Å². The van der Waals surface area contributed by atoms with Gasteiger partial charge in [0.1, 0.15) is 0 Å². The molecular formula is C22H46N2S. The van der Waals surface area contributed by atoms with Crippen molar-refractivity contribution in [2.75, 3.05) is 25.1 Å². The highest BCUT2D eigenvalue weighted by atomic mass is 32.2. The van der Waals surface area contributed by atoms with Gasteiger partial charge < -0.3 is 0 Å². The molecule has 0 aliphatic rings. The lowest BCUT2D eigenvalue weighted by atomic mass is 10.0. The molecule has 150 valence electrons. The Morgan fingerprint density at radius 3 is 1.24 bits per heavy atom. The summed E-state index contributed by atoms with van der Waals surface area (Å²) in [5.41, 5.74) is 0. The molecule has 2 nitrogen and oxygen atoms in total. The molecule has 0 N–H and O–H groups in total. The molecule has 0 aromatic heterocycles. The third-order valence-corrected chi connectivity index (χ3v) is 5.52. The molecule has 25 heavy (non-hydrogen) atoms. The molecule has 0 saturated heterocycles. The monoisotopic (exact) mass is 370 g/mol. The van der Waals surface area contributed by atoms with Gasteiger partial charge in [0.25, 0.3) is 0 Å². The molecule has 0 atom stereocenters.